The van der Waals surface area contributed by atoms with Crippen LogP contribution in [0.3, 0.4) is 0 Å². The zero-order valence-corrected chi connectivity index (χ0v) is 12.8. The summed E-state index contributed by atoms with van der Waals surface area (Å²) in [5.74, 6) is 0.254. The van der Waals surface area contributed by atoms with Gasteiger partial charge in [0.05, 0.1) is 6.54 Å². The smallest absolute Gasteiger partial charge is 0.236 e. The number of nitrogens with zero attached hydrogens (tertiary/aromatic N) is 2. The predicted octanol–water partition coefficient (Wildman–Crippen LogP) is 1.01. The average molecular weight is 273 g/mol. The van der Waals surface area contributed by atoms with Gasteiger partial charge in [-0.3, -0.25) is 9.69 Å². The molecule has 1 saturated heterocycles. The van der Waals surface area contributed by atoms with Crippen LogP contribution in [0.15, 0.2) is 0 Å². The van der Waals surface area contributed by atoms with Crippen molar-refractivity contribution < 1.29 is 4.79 Å². The quantitative estimate of drug-likeness (QED) is 0.785. The lowest BCUT2D eigenvalue weighted by atomic mass is 9.96. The van der Waals surface area contributed by atoms with E-state index in [4.69, 9.17) is 5.73 Å². The molecule has 0 aromatic rings. The van der Waals surface area contributed by atoms with E-state index >= 15 is 0 Å². The molecule has 1 amide bonds. The Hall–Kier alpha value is -0.260. The number of carbonyl (C=O) groups is 1. The minimum atomic E-state index is 0.245. The first-order chi connectivity index (χ1) is 8.60. The van der Waals surface area contributed by atoms with E-state index in [0.717, 1.165) is 45.6 Å². The molecule has 18 heavy (non-hydrogen) atoms. The van der Waals surface area contributed by atoms with Crippen LogP contribution in [0.4, 0.5) is 0 Å². The number of amides is 1. The summed E-state index contributed by atoms with van der Waals surface area (Å²) in [7, 11) is 0. The maximum Gasteiger partial charge on any atom is 0.236 e. The van der Waals surface area contributed by atoms with E-state index in [1.807, 2.05) is 30.5 Å². The second-order valence-corrected chi connectivity index (χ2v) is 6.21. The van der Waals surface area contributed by atoms with E-state index in [1.165, 1.54) is 0 Å². The summed E-state index contributed by atoms with van der Waals surface area (Å²) in [5.41, 5.74) is 5.87. The Balaban J connectivity index is 2.42. The van der Waals surface area contributed by atoms with Crippen LogP contribution in [0.5, 0.6) is 0 Å². The fraction of sp³-hybridized carbons (Fsp3) is 0.923. The molecule has 0 aromatic heterocycles. The van der Waals surface area contributed by atoms with Gasteiger partial charge in [-0.15, -0.1) is 0 Å². The Kier molecular flexibility index (Phi) is 6.46. The molecule has 0 radical (unpaired) electrons. The number of thioether (sulfide) groups is 1. The molecule has 2 N–H and O–H groups in total. The lowest BCUT2D eigenvalue weighted by Crippen LogP contribution is -2.49. The molecule has 0 bridgehead atoms. The number of rotatable bonds is 6. The molecule has 1 fully saturated rings. The second-order valence-electron chi connectivity index (χ2n) is 4.93. The highest BCUT2D eigenvalue weighted by Gasteiger charge is 2.33. The van der Waals surface area contributed by atoms with Crippen molar-refractivity contribution in [3.8, 4) is 0 Å². The van der Waals surface area contributed by atoms with Crippen LogP contribution < -0.4 is 5.73 Å². The number of likely N-dealkylation sites (N-methyl/N-ethyl adjacent to an activating group) is 1. The van der Waals surface area contributed by atoms with Crippen molar-refractivity contribution in [3.05, 3.63) is 0 Å². The van der Waals surface area contributed by atoms with Crippen molar-refractivity contribution in [1.82, 2.24) is 9.80 Å². The third-order valence-corrected chi connectivity index (χ3v) is 5.49. The van der Waals surface area contributed by atoms with Gasteiger partial charge in [-0.25, -0.2) is 0 Å². The van der Waals surface area contributed by atoms with Gasteiger partial charge in [-0.05, 0) is 32.9 Å². The molecule has 0 spiro atoms. The molecule has 0 aromatic carbocycles. The maximum atomic E-state index is 12.0. The number of likely N-dealkylation sites (tertiary alicyclic amines) is 1. The minimum absolute atomic E-state index is 0.245. The minimum Gasteiger partial charge on any atom is -0.342 e. The molecule has 1 rings (SSSR count). The first-order valence-corrected chi connectivity index (χ1v) is 8.08. The van der Waals surface area contributed by atoms with Gasteiger partial charge < -0.3 is 10.6 Å². The highest BCUT2D eigenvalue weighted by molar-refractivity contribution is 8.00. The molecule has 4 nitrogen and oxygen atoms in total. The van der Waals surface area contributed by atoms with Gasteiger partial charge in [0.25, 0.3) is 0 Å². The van der Waals surface area contributed by atoms with Crippen molar-refractivity contribution in [2.45, 2.75) is 31.4 Å². The summed E-state index contributed by atoms with van der Waals surface area (Å²) in [4.78, 5) is 16.2. The van der Waals surface area contributed by atoms with Gasteiger partial charge >= 0.3 is 0 Å². The average Bonchev–Trinajstić information content (AvgIpc) is 2.41. The monoisotopic (exact) mass is 273 g/mol. The highest BCUT2D eigenvalue weighted by Crippen LogP contribution is 2.33. The van der Waals surface area contributed by atoms with E-state index < -0.39 is 0 Å². The molecular weight excluding hydrogens is 246 g/mol. The Bertz CT molecular complexity index is 255. The number of hydrogen-bond donors (Lipinski definition) is 1. The predicted molar refractivity (Wildman–Crippen MR) is 78.9 cm³/mol. The standard InChI is InChI=1S/C13H27N3OS/c1-4-16(5-2)12(17)10-15-8-6-13(11-14,18-3)7-9-15/h4-11,14H2,1-3H3. The summed E-state index contributed by atoms with van der Waals surface area (Å²) in [6.45, 7) is 8.97. The van der Waals surface area contributed by atoms with Crippen LogP contribution in [0.25, 0.3) is 0 Å². The molecule has 5 heteroatoms. The molecule has 0 atom stereocenters. The third kappa shape index (κ3) is 3.87. The Morgan fingerprint density at radius 3 is 2.28 bits per heavy atom. The molecular formula is C13H27N3OS. The number of nitrogens with two attached hydrogens (primary N) is 1. The first kappa shape index (κ1) is 15.8. The van der Waals surface area contributed by atoms with Crippen molar-refractivity contribution in [2.24, 2.45) is 5.73 Å². The van der Waals surface area contributed by atoms with E-state index in [9.17, 15) is 4.79 Å². The molecule has 1 aliphatic rings. The first-order valence-electron chi connectivity index (χ1n) is 6.86. The zero-order chi connectivity index (χ0) is 13.6. The molecule has 1 aliphatic heterocycles. The summed E-state index contributed by atoms with van der Waals surface area (Å²) in [6.07, 6.45) is 4.33. The fourth-order valence-electron chi connectivity index (χ4n) is 2.48. The number of piperidine rings is 1. The normalized spacial score (nSPS) is 19.8. The molecule has 0 unspecified atom stereocenters. The van der Waals surface area contributed by atoms with Gasteiger partial charge in [0.1, 0.15) is 0 Å². The third-order valence-electron chi connectivity index (χ3n) is 4.05. The van der Waals surface area contributed by atoms with E-state index in [-0.39, 0.29) is 10.7 Å². The zero-order valence-electron chi connectivity index (χ0n) is 11.9. The van der Waals surface area contributed by atoms with Crippen molar-refractivity contribution in [2.75, 3.05) is 45.5 Å². The van der Waals surface area contributed by atoms with Crippen LogP contribution in [0.2, 0.25) is 0 Å². The maximum absolute atomic E-state index is 12.0. The number of hydrogen-bond acceptors (Lipinski definition) is 4. The SMILES string of the molecule is CCN(CC)C(=O)CN1CCC(CN)(SC)CC1. The van der Waals surface area contributed by atoms with Crippen molar-refractivity contribution in [1.29, 1.82) is 0 Å². The van der Waals surface area contributed by atoms with Crippen LogP contribution >= 0.6 is 11.8 Å². The van der Waals surface area contributed by atoms with Gasteiger partial charge in [0, 0.05) is 37.5 Å². The van der Waals surface area contributed by atoms with Crippen LogP contribution in [0, 0.1) is 0 Å². The molecule has 1 heterocycles. The van der Waals surface area contributed by atoms with E-state index in [1.54, 1.807) is 0 Å². The van der Waals surface area contributed by atoms with Gasteiger partial charge in [-0.2, -0.15) is 11.8 Å². The molecule has 0 aliphatic carbocycles. The van der Waals surface area contributed by atoms with Crippen LogP contribution in [0.1, 0.15) is 26.7 Å². The largest absolute Gasteiger partial charge is 0.342 e. The fourth-order valence-corrected chi connectivity index (χ4v) is 3.24. The van der Waals surface area contributed by atoms with E-state index in [2.05, 4.69) is 11.2 Å². The number of carbonyl (C=O) groups excluding carboxylic acids is 1. The molecule has 106 valence electrons. The summed E-state index contributed by atoms with van der Waals surface area (Å²) >= 11 is 1.88. The van der Waals surface area contributed by atoms with Crippen LogP contribution in [-0.2, 0) is 4.79 Å². The summed E-state index contributed by atoms with van der Waals surface area (Å²) in [6, 6.07) is 0. The second kappa shape index (κ2) is 7.36. The van der Waals surface area contributed by atoms with Gasteiger partial charge in [0.15, 0.2) is 0 Å². The lowest BCUT2D eigenvalue weighted by molar-refractivity contribution is -0.132. The van der Waals surface area contributed by atoms with E-state index in [0.29, 0.717) is 6.54 Å². The summed E-state index contributed by atoms with van der Waals surface area (Å²) < 4.78 is 0.245. The topological polar surface area (TPSA) is 49.6 Å². The van der Waals surface area contributed by atoms with Gasteiger partial charge in [-0.1, -0.05) is 0 Å². The van der Waals surface area contributed by atoms with Gasteiger partial charge in [0.2, 0.25) is 5.91 Å². The van der Waals surface area contributed by atoms with Crippen LogP contribution in [-0.4, -0.2) is 66.0 Å². The Labute approximate surface area is 115 Å². The Morgan fingerprint density at radius 2 is 1.89 bits per heavy atom. The molecule has 0 saturated carbocycles. The van der Waals surface area contributed by atoms with Crippen molar-refractivity contribution in [3.63, 3.8) is 0 Å². The lowest BCUT2D eigenvalue weighted by Gasteiger charge is -2.40. The highest BCUT2D eigenvalue weighted by atomic mass is 32.2. The summed E-state index contributed by atoms with van der Waals surface area (Å²) in [5, 5.41) is 0. The van der Waals surface area contributed by atoms with Crippen molar-refractivity contribution >= 4 is 17.7 Å². The Morgan fingerprint density at radius 1 is 1.33 bits per heavy atom.